The highest BCUT2D eigenvalue weighted by Gasteiger charge is 2.09. The van der Waals surface area contributed by atoms with Crippen molar-refractivity contribution in [3.63, 3.8) is 0 Å². The van der Waals surface area contributed by atoms with Crippen molar-refractivity contribution < 1.29 is 4.74 Å². The van der Waals surface area contributed by atoms with E-state index in [-0.39, 0.29) is 5.56 Å². The fraction of sp³-hybridized carbons (Fsp3) is 0.200. The Balaban J connectivity index is 1.93. The van der Waals surface area contributed by atoms with Crippen molar-refractivity contribution in [3.05, 3.63) is 46.8 Å². The molecule has 7 heteroatoms. The topological polar surface area (TPSA) is 96.6 Å². The van der Waals surface area contributed by atoms with Crippen LogP contribution in [0.4, 0.5) is 0 Å². The third-order valence-corrected chi connectivity index (χ3v) is 3.13. The van der Waals surface area contributed by atoms with E-state index < -0.39 is 0 Å². The van der Waals surface area contributed by atoms with E-state index in [1.54, 1.807) is 6.07 Å². The van der Waals surface area contributed by atoms with E-state index in [1.165, 1.54) is 0 Å². The number of nitrogens with one attached hydrogen (secondary N) is 2. The first-order chi connectivity index (χ1) is 10.8. The third-order valence-electron chi connectivity index (χ3n) is 3.13. The van der Waals surface area contributed by atoms with Gasteiger partial charge in [-0.15, -0.1) is 5.10 Å². The van der Waals surface area contributed by atoms with Crippen LogP contribution >= 0.6 is 0 Å². The first-order valence-electron chi connectivity index (χ1n) is 6.98. The average Bonchev–Trinajstić information content (AvgIpc) is 3.07. The molecule has 2 heterocycles. The molecule has 22 heavy (non-hydrogen) atoms. The number of aromatic nitrogens is 5. The molecule has 0 aliphatic carbocycles. The molecule has 0 spiro atoms. The molecule has 0 aliphatic rings. The van der Waals surface area contributed by atoms with Crippen molar-refractivity contribution in [3.8, 4) is 28.4 Å². The molecule has 2 N–H and O–H groups in total. The Hall–Kier alpha value is -2.96. The number of pyridine rings is 1. The van der Waals surface area contributed by atoms with Crippen LogP contribution in [0.1, 0.15) is 13.3 Å². The highest BCUT2D eigenvalue weighted by Crippen LogP contribution is 2.22. The lowest BCUT2D eigenvalue weighted by Gasteiger charge is -2.07. The van der Waals surface area contributed by atoms with Gasteiger partial charge in [-0.05, 0) is 41.1 Å². The van der Waals surface area contributed by atoms with E-state index in [2.05, 4.69) is 32.5 Å². The Morgan fingerprint density at radius 2 is 2.14 bits per heavy atom. The minimum atomic E-state index is -0.254. The van der Waals surface area contributed by atoms with Gasteiger partial charge in [0.2, 0.25) is 0 Å². The third kappa shape index (κ3) is 2.88. The molecule has 0 atom stereocenters. The molecule has 0 amide bonds. The molecule has 0 saturated heterocycles. The Kier molecular flexibility index (Phi) is 3.95. The van der Waals surface area contributed by atoms with E-state index >= 15 is 0 Å². The number of hydrogen-bond donors (Lipinski definition) is 2. The zero-order valence-corrected chi connectivity index (χ0v) is 12.0. The van der Waals surface area contributed by atoms with Crippen molar-refractivity contribution >= 4 is 0 Å². The molecule has 0 unspecified atom stereocenters. The van der Waals surface area contributed by atoms with Crippen molar-refractivity contribution in [2.75, 3.05) is 6.61 Å². The van der Waals surface area contributed by atoms with Crippen LogP contribution < -0.4 is 10.3 Å². The Labute approximate surface area is 126 Å². The zero-order chi connectivity index (χ0) is 15.4. The molecular formula is C15H15N5O2. The van der Waals surface area contributed by atoms with Crippen LogP contribution in [0, 0.1) is 0 Å². The maximum absolute atomic E-state index is 12.2. The number of hydrogen-bond acceptors (Lipinski definition) is 5. The summed E-state index contributed by atoms with van der Waals surface area (Å²) >= 11 is 0. The monoisotopic (exact) mass is 297 g/mol. The number of ether oxygens (including phenoxy) is 1. The summed E-state index contributed by atoms with van der Waals surface area (Å²) in [7, 11) is 0. The Bertz CT molecular complexity index is 811. The summed E-state index contributed by atoms with van der Waals surface area (Å²) in [6.45, 7) is 2.72. The predicted octanol–water partition coefficient (Wildman–Crippen LogP) is 2.01. The second kappa shape index (κ2) is 6.21. The molecule has 0 fully saturated rings. The van der Waals surface area contributed by atoms with Crippen LogP contribution in [-0.2, 0) is 0 Å². The van der Waals surface area contributed by atoms with Gasteiger partial charge >= 0.3 is 0 Å². The van der Waals surface area contributed by atoms with Gasteiger partial charge in [0, 0.05) is 11.3 Å². The number of aromatic amines is 2. The first kappa shape index (κ1) is 14.0. The normalized spacial score (nSPS) is 10.6. The maximum atomic E-state index is 12.2. The molecule has 0 bridgehead atoms. The van der Waals surface area contributed by atoms with Gasteiger partial charge in [0.15, 0.2) is 5.82 Å². The van der Waals surface area contributed by atoms with Crippen molar-refractivity contribution in [2.24, 2.45) is 0 Å². The second-order valence-corrected chi connectivity index (χ2v) is 4.74. The average molecular weight is 297 g/mol. The smallest absolute Gasteiger partial charge is 0.259 e. The Morgan fingerprint density at radius 3 is 2.86 bits per heavy atom. The summed E-state index contributed by atoms with van der Waals surface area (Å²) in [5, 5.41) is 13.3. The number of H-pyrrole nitrogens is 2. The van der Waals surface area contributed by atoms with Gasteiger partial charge in [0.1, 0.15) is 5.75 Å². The van der Waals surface area contributed by atoms with E-state index in [0.29, 0.717) is 23.7 Å². The first-order valence-corrected chi connectivity index (χ1v) is 6.98. The van der Waals surface area contributed by atoms with Gasteiger partial charge in [-0.1, -0.05) is 19.1 Å². The van der Waals surface area contributed by atoms with Crippen molar-refractivity contribution in [2.45, 2.75) is 13.3 Å². The number of tetrazole rings is 1. The predicted molar refractivity (Wildman–Crippen MR) is 81.5 cm³/mol. The summed E-state index contributed by atoms with van der Waals surface area (Å²) in [6, 6.07) is 11.1. The lowest BCUT2D eigenvalue weighted by molar-refractivity contribution is 0.317. The lowest BCUT2D eigenvalue weighted by atomic mass is 10.1. The Morgan fingerprint density at radius 1 is 1.23 bits per heavy atom. The van der Waals surface area contributed by atoms with Crippen molar-refractivity contribution in [1.82, 2.24) is 25.6 Å². The standard InChI is InChI=1S/C15H15N5O2/c1-2-8-22-11-5-3-4-10(9-11)13-7-6-12(15(21)16-13)14-17-19-20-18-14/h3-7,9H,2,8H2,1H3,(H,16,21)(H,17,18,19,20). The summed E-state index contributed by atoms with van der Waals surface area (Å²) in [4.78, 5) is 15.0. The molecule has 7 nitrogen and oxygen atoms in total. The van der Waals surface area contributed by atoms with Gasteiger partial charge in [-0.3, -0.25) is 4.79 Å². The molecule has 0 saturated carbocycles. The molecule has 2 aromatic heterocycles. The van der Waals surface area contributed by atoms with E-state index in [0.717, 1.165) is 17.7 Å². The van der Waals surface area contributed by atoms with Crippen LogP contribution in [0.3, 0.4) is 0 Å². The van der Waals surface area contributed by atoms with Crippen LogP contribution in [-0.4, -0.2) is 32.2 Å². The highest BCUT2D eigenvalue weighted by molar-refractivity contribution is 5.64. The quantitative estimate of drug-likeness (QED) is 0.751. The van der Waals surface area contributed by atoms with Gasteiger partial charge < -0.3 is 9.72 Å². The molecule has 0 aliphatic heterocycles. The summed E-state index contributed by atoms with van der Waals surface area (Å²) < 4.78 is 5.61. The van der Waals surface area contributed by atoms with Gasteiger partial charge in [0.25, 0.3) is 5.56 Å². The number of rotatable bonds is 5. The molecule has 3 aromatic rings. The fourth-order valence-corrected chi connectivity index (χ4v) is 2.08. The van der Waals surface area contributed by atoms with Gasteiger partial charge in [-0.2, -0.15) is 0 Å². The fourth-order valence-electron chi connectivity index (χ4n) is 2.08. The maximum Gasteiger partial charge on any atom is 0.259 e. The number of benzene rings is 1. The summed E-state index contributed by atoms with van der Waals surface area (Å²) in [5.41, 5.74) is 1.74. The second-order valence-electron chi connectivity index (χ2n) is 4.74. The van der Waals surface area contributed by atoms with E-state index in [4.69, 9.17) is 4.74 Å². The van der Waals surface area contributed by atoms with E-state index in [9.17, 15) is 4.79 Å². The molecule has 0 radical (unpaired) electrons. The lowest BCUT2D eigenvalue weighted by Crippen LogP contribution is -2.10. The van der Waals surface area contributed by atoms with E-state index in [1.807, 2.05) is 30.3 Å². The molecule has 3 rings (SSSR count). The molecule has 112 valence electrons. The minimum absolute atomic E-state index is 0.254. The summed E-state index contributed by atoms with van der Waals surface area (Å²) in [6.07, 6.45) is 0.945. The largest absolute Gasteiger partial charge is 0.494 e. The zero-order valence-electron chi connectivity index (χ0n) is 12.0. The van der Waals surface area contributed by atoms with Crippen LogP contribution in [0.15, 0.2) is 41.2 Å². The summed E-state index contributed by atoms with van der Waals surface area (Å²) in [5.74, 6) is 1.12. The van der Waals surface area contributed by atoms with Crippen LogP contribution in [0.2, 0.25) is 0 Å². The highest BCUT2D eigenvalue weighted by atomic mass is 16.5. The van der Waals surface area contributed by atoms with Crippen molar-refractivity contribution in [1.29, 1.82) is 0 Å². The van der Waals surface area contributed by atoms with Crippen LogP contribution in [0.25, 0.3) is 22.6 Å². The van der Waals surface area contributed by atoms with Gasteiger partial charge in [-0.25, -0.2) is 5.10 Å². The SMILES string of the molecule is CCCOc1cccc(-c2ccc(-c3nnn[nH]3)c(=O)[nH]2)c1. The molecular weight excluding hydrogens is 282 g/mol. The van der Waals surface area contributed by atoms with Gasteiger partial charge in [0.05, 0.1) is 12.2 Å². The minimum Gasteiger partial charge on any atom is -0.494 e. The molecule has 1 aromatic carbocycles. The van der Waals surface area contributed by atoms with Crippen LogP contribution in [0.5, 0.6) is 5.75 Å². The number of nitrogens with zero attached hydrogens (tertiary/aromatic N) is 3.